The Morgan fingerprint density at radius 3 is 2.69 bits per heavy atom. The summed E-state index contributed by atoms with van der Waals surface area (Å²) in [5.41, 5.74) is 2.89. The molecule has 1 amide bonds. The van der Waals surface area contributed by atoms with Gasteiger partial charge in [0.05, 0.1) is 11.4 Å². The first kappa shape index (κ1) is 19.3. The van der Waals surface area contributed by atoms with Gasteiger partial charge in [-0.15, -0.1) is 0 Å². The van der Waals surface area contributed by atoms with Crippen LogP contribution in [0.25, 0.3) is 0 Å². The van der Waals surface area contributed by atoms with E-state index in [1.807, 2.05) is 18.2 Å². The van der Waals surface area contributed by atoms with E-state index in [2.05, 4.69) is 30.4 Å². The lowest BCUT2D eigenvalue weighted by Gasteiger charge is -2.30. The molecule has 1 aliphatic rings. The van der Waals surface area contributed by atoms with Crippen molar-refractivity contribution in [3.05, 3.63) is 60.4 Å². The van der Waals surface area contributed by atoms with Crippen molar-refractivity contribution < 1.29 is 13.2 Å². The number of carbonyl (C=O) groups excluding carboxylic acids is 1. The van der Waals surface area contributed by atoms with E-state index in [-0.39, 0.29) is 22.5 Å². The van der Waals surface area contributed by atoms with Crippen LogP contribution in [0.2, 0.25) is 0 Å². The van der Waals surface area contributed by atoms with Crippen LogP contribution in [0.4, 0.5) is 16.5 Å². The summed E-state index contributed by atoms with van der Waals surface area (Å²) >= 11 is 0.955. The molecule has 0 radical (unpaired) electrons. The molecule has 2 N–H and O–H groups in total. The number of aromatic nitrogens is 2. The van der Waals surface area contributed by atoms with Gasteiger partial charge in [-0.2, -0.15) is 4.37 Å². The van der Waals surface area contributed by atoms with Gasteiger partial charge in [0.15, 0.2) is 0 Å². The normalized spacial score (nSPS) is 13.6. The van der Waals surface area contributed by atoms with Crippen molar-refractivity contribution in [3.8, 4) is 0 Å². The third-order valence-corrected chi connectivity index (χ3v) is 6.64. The molecule has 0 fully saturated rings. The molecule has 29 heavy (non-hydrogen) atoms. The van der Waals surface area contributed by atoms with E-state index in [0.29, 0.717) is 5.69 Å². The van der Waals surface area contributed by atoms with Crippen LogP contribution in [-0.2, 0) is 21.2 Å². The molecule has 0 unspecified atom stereocenters. The molecule has 8 nitrogen and oxygen atoms in total. The lowest BCUT2D eigenvalue weighted by Crippen LogP contribution is -2.36. The van der Waals surface area contributed by atoms with E-state index in [1.54, 1.807) is 12.1 Å². The molecule has 0 saturated heterocycles. The number of para-hydroxylation sites is 1. The highest BCUT2D eigenvalue weighted by molar-refractivity contribution is 7.93. The lowest BCUT2D eigenvalue weighted by atomic mass is 10.0. The highest BCUT2D eigenvalue weighted by Crippen LogP contribution is 2.26. The highest BCUT2D eigenvalue weighted by Gasteiger charge is 2.19. The molecule has 2 aromatic carbocycles. The molecule has 1 aromatic heterocycles. The summed E-state index contributed by atoms with van der Waals surface area (Å²) < 4.78 is 30.8. The summed E-state index contributed by atoms with van der Waals surface area (Å²) in [6, 6.07) is 14.1. The maximum absolute atomic E-state index is 12.5. The minimum atomic E-state index is -3.75. The number of fused-ring (bicyclic) bond motifs is 1. The minimum Gasteiger partial charge on any atom is -0.362 e. The predicted molar refractivity (Wildman–Crippen MR) is 113 cm³/mol. The first-order valence-corrected chi connectivity index (χ1v) is 11.3. The van der Waals surface area contributed by atoms with Crippen molar-refractivity contribution in [1.29, 1.82) is 0 Å². The molecule has 150 valence electrons. The first-order chi connectivity index (χ1) is 14.0. The second-order valence-electron chi connectivity index (χ2n) is 6.58. The van der Waals surface area contributed by atoms with Crippen molar-refractivity contribution in [2.75, 3.05) is 28.0 Å². The number of nitrogens with zero attached hydrogens (tertiary/aromatic N) is 3. The molecule has 0 saturated carbocycles. The van der Waals surface area contributed by atoms with E-state index in [4.69, 9.17) is 0 Å². The van der Waals surface area contributed by atoms with E-state index in [1.165, 1.54) is 24.0 Å². The topological polar surface area (TPSA) is 104 Å². The summed E-state index contributed by atoms with van der Waals surface area (Å²) in [7, 11) is -3.75. The van der Waals surface area contributed by atoms with Gasteiger partial charge < -0.3 is 10.2 Å². The van der Waals surface area contributed by atoms with E-state index in [0.717, 1.165) is 36.6 Å². The zero-order valence-electron chi connectivity index (χ0n) is 15.4. The molecule has 0 atom stereocenters. The summed E-state index contributed by atoms with van der Waals surface area (Å²) in [6.45, 7) is 1.08. The Labute approximate surface area is 172 Å². The Balaban J connectivity index is 1.40. The van der Waals surface area contributed by atoms with Gasteiger partial charge in [-0.05, 0) is 48.7 Å². The van der Waals surface area contributed by atoms with Crippen molar-refractivity contribution in [1.82, 2.24) is 9.36 Å². The third kappa shape index (κ3) is 4.54. The predicted octanol–water partition coefficient (Wildman–Crippen LogP) is 2.73. The zero-order valence-corrected chi connectivity index (χ0v) is 17.0. The highest BCUT2D eigenvalue weighted by atomic mass is 32.2. The molecule has 0 bridgehead atoms. The van der Waals surface area contributed by atoms with E-state index >= 15 is 0 Å². The first-order valence-electron chi connectivity index (χ1n) is 9.03. The van der Waals surface area contributed by atoms with Crippen LogP contribution < -0.4 is 14.9 Å². The second-order valence-corrected chi connectivity index (χ2v) is 9.04. The number of amides is 1. The molecule has 1 aliphatic heterocycles. The molecular weight excluding hydrogens is 410 g/mol. The van der Waals surface area contributed by atoms with Gasteiger partial charge in [0.2, 0.25) is 11.0 Å². The van der Waals surface area contributed by atoms with Gasteiger partial charge in [-0.25, -0.2) is 13.4 Å². The maximum atomic E-state index is 12.5. The number of carbonyl (C=O) groups is 1. The smallest absolute Gasteiger partial charge is 0.263 e. The van der Waals surface area contributed by atoms with Crippen LogP contribution in [-0.4, -0.2) is 36.8 Å². The van der Waals surface area contributed by atoms with Crippen LogP contribution in [0.1, 0.15) is 12.0 Å². The van der Waals surface area contributed by atoms with Gasteiger partial charge in [0.25, 0.3) is 10.0 Å². The van der Waals surface area contributed by atoms with Gasteiger partial charge >= 0.3 is 0 Å². The number of anilines is 3. The summed E-state index contributed by atoms with van der Waals surface area (Å²) in [5.74, 6) is -0.149. The largest absolute Gasteiger partial charge is 0.362 e. The van der Waals surface area contributed by atoms with Crippen LogP contribution in [0.5, 0.6) is 0 Å². The third-order valence-electron chi connectivity index (χ3n) is 4.57. The van der Waals surface area contributed by atoms with Crippen LogP contribution >= 0.6 is 11.5 Å². The molecule has 0 spiro atoms. The van der Waals surface area contributed by atoms with Crippen LogP contribution in [0.15, 0.2) is 59.8 Å². The van der Waals surface area contributed by atoms with Gasteiger partial charge in [-0.3, -0.25) is 9.52 Å². The summed E-state index contributed by atoms with van der Waals surface area (Å²) in [4.78, 5) is 18.4. The van der Waals surface area contributed by atoms with Crippen molar-refractivity contribution in [2.45, 2.75) is 17.7 Å². The van der Waals surface area contributed by atoms with Gasteiger partial charge in [0, 0.05) is 29.5 Å². The summed E-state index contributed by atoms with van der Waals surface area (Å²) in [5, 5.41) is 3.03. The fourth-order valence-corrected chi connectivity index (χ4v) is 4.92. The van der Waals surface area contributed by atoms with Gasteiger partial charge in [0.1, 0.15) is 6.33 Å². The maximum Gasteiger partial charge on any atom is 0.263 e. The SMILES string of the molecule is O=C(CN1CCCc2ccccc21)Nc1ccc(S(=O)(=O)Nc2ncns2)cc1. The quantitative estimate of drug-likeness (QED) is 0.624. The zero-order chi connectivity index (χ0) is 20.3. The summed E-state index contributed by atoms with van der Waals surface area (Å²) in [6.07, 6.45) is 3.32. The number of hydrogen-bond donors (Lipinski definition) is 2. The second kappa shape index (κ2) is 8.18. The number of aryl methyl sites for hydroxylation is 1. The number of sulfonamides is 1. The molecule has 4 rings (SSSR count). The number of rotatable bonds is 6. The standard InChI is InChI=1S/C19H19N5O3S2/c25-18(12-24-11-3-5-14-4-1-2-6-17(14)24)22-15-7-9-16(10-8-15)29(26,27)23-19-20-13-21-28-19/h1-2,4,6-10,13H,3,5,11-12H2,(H,22,25)(H,20,21,23). The Kier molecular flexibility index (Phi) is 5.45. The average molecular weight is 430 g/mol. The fraction of sp³-hybridized carbons (Fsp3) is 0.211. The Hall–Kier alpha value is -2.98. The number of hydrogen-bond acceptors (Lipinski definition) is 7. The van der Waals surface area contributed by atoms with Gasteiger partial charge in [-0.1, -0.05) is 18.2 Å². The molecule has 0 aliphatic carbocycles. The monoisotopic (exact) mass is 429 g/mol. The molecule has 10 heteroatoms. The van der Waals surface area contributed by atoms with E-state index < -0.39 is 10.0 Å². The fourth-order valence-electron chi connectivity index (χ4n) is 3.26. The average Bonchev–Trinajstić information content (AvgIpc) is 3.21. The van der Waals surface area contributed by atoms with Crippen molar-refractivity contribution in [2.24, 2.45) is 0 Å². The van der Waals surface area contributed by atoms with E-state index in [9.17, 15) is 13.2 Å². The number of benzene rings is 2. The van der Waals surface area contributed by atoms with Crippen LogP contribution in [0.3, 0.4) is 0 Å². The number of nitrogens with one attached hydrogen (secondary N) is 2. The Bertz CT molecular complexity index is 1100. The Morgan fingerprint density at radius 2 is 1.93 bits per heavy atom. The van der Waals surface area contributed by atoms with Crippen molar-refractivity contribution >= 4 is 44.0 Å². The minimum absolute atomic E-state index is 0.0793. The van der Waals surface area contributed by atoms with Crippen LogP contribution in [0, 0.1) is 0 Å². The molecule has 2 heterocycles. The molecule has 3 aromatic rings. The van der Waals surface area contributed by atoms with Crippen molar-refractivity contribution in [3.63, 3.8) is 0 Å². The Morgan fingerprint density at radius 1 is 1.14 bits per heavy atom. The lowest BCUT2D eigenvalue weighted by molar-refractivity contribution is -0.115. The molecular formula is C19H19N5O3S2.